The van der Waals surface area contributed by atoms with Gasteiger partial charge in [0.1, 0.15) is 10.5 Å². The number of aryl methyl sites for hydroxylation is 1. The van der Waals surface area contributed by atoms with Gasteiger partial charge in [0.15, 0.2) is 0 Å². The summed E-state index contributed by atoms with van der Waals surface area (Å²) in [6, 6.07) is 7.27. The zero-order valence-corrected chi connectivity index (χ0v) is 23.1. The number of amides is 4. The number of nitrogens with one attached hydrogen (secondary N) is 2. The normalized spacial score (nSPS) is 19.6. The number of para-hydroxylation sites is 1. The molecule has 1 saturated heterocycles. The van der Waals surface area contributed by atoms with Gasteiger partial charge in [-0.05, 0) is 44.5 Å². The van der Waals surface area contributed by atoms with Gasteiger partial charge >= 0.3 is 6.03 Å². The molecule has 1 aromatic carbocycles. The first kappa shape index (κ1) is 26.2. The zero-order valence-electron chi connectivity index (χ0n) is 22.3. The Morgan fingerprint density at radius 1 is 1.14 bits per heavy atom. The van der Waals surface area contributed by atoms with Gasteiger partial charge in [0, 0.05) is 42.3 Å². The summed E-state index contributed by atoms with van der Waals surface area (Å²) in [6.07, 6.45) is 0.789. The molecule has 2 N–H and O–H groups in total. The van der Waals surface area contributed by atoms with Crippen molar-refractivity contribution in [3.05, 3.63) is 45.8 Å². The number of anilines is 2. The zero-order chi connectivity index (χ0) is 26.4. The molecule has 8 nitrogen and oxygen atoms in total. The summed E-state index contributed by atoms with van der Waals surface area (Å²) in [7, 11) is 3.97. The number of urea groups is 1. The number of fused-ring (bicyclic) bond motifs is 3. The van der Waals surface area contributed by atoms with Crippen molar-refractivity contribution in [1.29, 1.82) is 0 Å². The summed E-state index contributed by atoms with van der Waals surface area (Å²) >= 11 is 1.40. The highest BCUT2D eigenvalue weighted by molar-refractivity contribution is 7.17. The maximum absolute atomic E-state index is 13.9. The third kappa shape index (κ3) is 4.39. The quantitative estimate of drug-likeness (QED) is 0.605. The Morgan fingerprint density at radius 3 is 2.47 bits per heavy atom. The number of likely N-dealkylation sites (N-methyl/N-ethyl adjacent to an activating group) is 1. The van der Waals surface area contributed by atoms with Crippen LogP contribution in [0.15, 0.2) is 24.3 Å². The smallest absolute Gasteiger partial charge is 0.324 e. The highest BCUT2D eigenvalue weighted by atomic mass is 32.1. The molecule has 1 atom stereocenters. The number of nitrogens with zero attached hydrogens (tertiary/aromatic N) is 3. The second-order valence-corrected chi connectivity index (χ2v) is 12.0. The molecule has 0 aliphatic carbocycles. The Bertz CT molecular complexity index is 1200. The third-order valence-electron chi connectivity index (χ3n) is 7.06. The molecular weight excluding hydrogens is 474 g/mol. The molecule has 0 spiro atoms. The lowest BCUT2D eigenvalue weighted by Crippen LogP contribution is -2.62. The number of hydrogen-bond donors (Lipinski definition) is 2. The number of carbonyl (C=O) groups excluding carboxylic acids is 3. The van der Waals surface area contributed by atoms with E-state index in [1.54, 1.807) is 4.90 Å². The predicted molar refractivity (Wildman–Crippen MR) is 145 cm³/mol. The fourth-order valence-electron chi connectivity index (χ4n) is 5.11. The van der Waals surface area contributed by atoms with Crippen LogP contribution in [0, 0.1) is 0 Å². The van der Waals surface area contributed by atoms with Crippen LogP contribution in [0.5, 0.6) is 0 Å². The summed E-state index contributed by atoms with van der Waals surface area (Å²) in [6.45, 7) is 12.5. The molecule has 2 aliphatic heterocycles. The van der Waals surface area contributed by atoms with Crippen molar-refractivity contribution in [2.45, 2.75) is 52.0 Å². The van der Waals surface area contributed by atoms with Gasteiger partial charge in [0.25, 0.3) is 11.8 Å². The van der Waals surface area contributed by atoms with Crippen molar-refractivity contribution in [1.82, 2.24) is 14.7 Å². The molecule has 3 heterocycles. The number of carbonyl (C=O) groups is 3. The molecule has 1 fully saturated rings. The van der Waals surface area contributed by atoms with Crippen LogP contribution in [-0.4, -0.2) is 72.8 Å². The molecule has 2 aromatic rings. The second kappa shape index (κ2) is 9.52. The Hall–Kier alpha value is -2.91. The van der Waals surface area contributed by atoms with E-state index in [2.05, 4.69) is 36.3 Å². The van der Waals surface area contributed by atoms with Crippen LogP contribution in [0.3, 0.4) is 0 Å². The molecule has 0 saturated carbocycles. The lowest BCUT2D eigenvalue weighted by molar-refractivity contribution is -0.147. The van der Waals surface area contributed by atoms with Crippen molar-refractivity contribution >= 4 is 39.9 Å². The van der Waals surface area contributed by atoms with Crippen LogP contribution >= 0.6 is 11.3 Å². The monoisotopic (exact) mass is 511 g/mol. The van der Waals surface area contributed by atoms with E-state index >= 15 is 0 Å². The molecule has 9 heteroatoms. The highest BCUT2D eigenvalue weighted by Crippen LogP contribution is 2.53. The SMILES string of the molecule is CCc1ccccc1NC(=O)Nc1sc(C(C)(C)C)c2c1C(=O)N1CCN(CCN(C)C)C(=O)C21C. The Labute approximate surface area is 217 Å². The largest absolute Gasteiger partial charge is 0.337 e. The van der Waals surface area contributed by atoms with Gasteiger partial charge < -0.3 is 20.0 Å². The van der Waals surface area contributed by atoms with Gasteiger partial charge in [-0.1, -0.05) is 45.9 Å². The number of benzene rings is 1. The van der Waals surface area contributed by atoms with Crippen molar-refractivity contribution in [2.75, 3.05) is 50.9 Å². The van der Waals surface area contributed by atoms with E-state index in [9.17, 15) is 14.4 Å². The fourth-order valence-corrected chi connectivity index (χ4v) is 6.46. The lowest BCUT2D eigenvalue weighted by atomic mass is 9.82. The molecular formula is C27H37N5O3S. The maximum atomic E-state index is 13.9. The van der Waals surface area contributed by atoms with Crippen molar-refractivity contribution in [3.8, 4) is 0 Å². The summed E-state index contributed by atoms with van der Waals surface area (Å²) in [4.78, 5) is 47.2. The molecule has 4 rings (SSSR count). The van der Waals surface area contributed by atoms with E-state index < -0.39 is 11.6 Å². The Kier molecular flexibility index (Phi) is 6.92. The van der Waals surface area contributed by atoms with E-state index in [-0.39, 0.29) is 17.2 Å². The molecule has 1 unspecified atom stereocenters. The predicted octanol–water partition coefficient (Wildman–Crippen LogP) is 4.33. The molecule has 0 radical (unpaired) electrons. The van der Waals surface area contributed by atoms with Crippen LogP contribution in [0.1, 0.15) is 61.0 Å². The Balaban J connectivity index is 1.72. The number of thiophene rings is 1. The van der Waals surface area contributed by atoms with Gasteiger partial charge in [-0.2, -0.15) is 0 Å². The van der Waals surface area contributed by atoms with E-state index in [1.807, 2.05) is 57.1 Å². The van der Waals surface area contributed by atoms with Crippen LogP contribution in [-0.2, 0) is 22.2 Å². The van der Waals surface area contributed by atoms with Gasteiger partial charge in [0.05, 0.1) is 5.56 Å². The average Bonchev–Trinajstić information content (AvgIpc) is 3.29. The molecule has 0 bridgehead atoms. The van der Waals surface area contributed by atoms with Gasteiger partial charge in [-0.3, -0.25) is 14.9 Å². The van der Waals surface area contributed by atoms with Crippen molar-refractivity contribution in [3.63, 3.8) is 0 Å². The maximum Gasteiger partial charge on any atom is 0.324 e. The summed E-state index contributed by atoms with van der Waals surface area (Å²) in [5.41, 5.74) is 1.57. The van der Waals surface area contributed by atoms with Crippen LogP contribution < -0.4 is 10.6 Å². The highest BCUT2D eigenvalue weighted by Gasteiger charge is 2.59. The van der Waals surface area contributed by atoms with E-state index in [0.717, 1.165) is 34.7 Å². The fraction of sp³-hybridized carbons (Fsp3) is 0.519. The topological polar surface area (TPSA) is 85.0 Å². The average molecular weight is 512 g/mol. The van der Waals surface area contributed by atoms with E-state index in [0.29, 0.717) is 30.2 Å². The van der Waals surface area contributed by atoms with Crippen LogP contribution in [0.2, 0.25) is 0 Å². The van der Waals surface area contributed by atoms with Crippen molar-refractivity contribution < 1.29 is 14.4 Å². The summed E-state index contributed by atoms with van der Waals surface area (Å²) in [5.74, 6) is -0.247. The lowest BCUT2D eigenvalue weighted by Gasteiger charge is -2.45. The summed E-state index contributed by atoms with van der Waals surface area (Å²) < 4.78 is 0. The van der Waals surface area contributed by atoms with E-state index in [1.165, 1.54) is 11.3 Å². The first-order chi connectivity index (χ1) is 16.9. The molecule has 2 aliphatic rings. The first-order valence-electron chi connectivity index (χ1n) is 12.5. The van der Waals surface area contributed by atoms with Crippen molar-refractivity contribution in [2.24, 2.45) is 0 Å². The minimum absolute atomic E-state index is 0.0566. The Morgan fingerprint density at radius 2 is 1.83 bits per heavy atom. The standard InChI is InChI=1S/C27H37N5O3S/c1-8-17-11-9-10-12-18(17)28-25(35)29-22-19-20(21(36-22)26(2,3)4)27(5)24(34)31(14-13-30(6)7)15-16-32(27)23(19)33/h9-12H,8,13-16H2,1-7H3,(H2,28,29,35). The molecule has 194 valence electrons. The molecule has 36 heavy (non-hydrogen) atoms. The van der Waals surface area contributed by atoms with Gasteiger partial charge in [0.2, 0.25) is 0 Å². The van der Waals surface area contributed by atoms with Gasteiger partial charge in [-0.25, -0.2) is 4.79 Å². The third-order valence-corrected chi connectivity index (χ3v) is 8.59. The van der Waals surface area contributed by atoms with Gasteiger partial charge in [-0.15, -0.1) is 11.3 Å². The molecule has 1 aromatic heterocycles. The second-order valence-electron chi connectivity index (χ2n) is 11.0. The summed E-state index contributed by atoms with van der Waals surface area (Å²) in [5, 5.41) is 6.37. The first-order valence-corrected chi connectivity index (χ1v) is 13.3. The van der Waals surface area contributed by atoms with Crippen LogP contribution in [0.25, 0.3) is 0 Å². The minimum Gasteiger partial charge on any atom is -0.337 e. The number of piperazine rings is 1. The minimum atomic E-state index is -1.08. The molecule has 4 amide bonds. The van der Waals surface area contributed by atoms with E-state index in [4.69, 9.17) is 0 Å². The number of rotatable bonds is 6. The number of hydrogen-bond acceptors (Lipinski definition) is 5. The van der Waals surface area contributed by atoms with Crippen LogP contribution in [0.4, 0.5) is 15.5 Å².